The maximum atomic E-state index is 12.1. The van der Waals surface area contributed by atoms with Gasteiger partial charge in [-0.2, -0.15) is 8.78 Å². The fourth-order valence-electron chi connectivity index (χ4n) is 1.45. The molecule has 0 fully saturated rings. The van der Waals surface area contributed by atoms with Gasteiger partial charge in [0.05, 0.1) is 5.92 Å². The van der Waals surface area contributed by atoms with E-state index in [9.17, 15) is 18.4 Å². The van der Waals surface area contributed by atoms with Crippen LogP contribution in [0.1, 0.15) is 13.8 Å². The van der Waals surface area contributed by atoms with Crippen LogP contribution in [0.15, 0.2) is 24.3 Å². The Labute approximate surface area is 114 Å². The number of carboxylic acid groups (broad SMARTS) is 1. The van der Waals surface area contributed by atoms with Crippen molar-refractivity contribution in [3.8, 4) is 5.75 Å². The molecule has 20 heavy (non-hydrogen) atoms. The first-order valence-corrected chi connectivity index (χ1v) is 5.89. The highest BCUT2D eigenvalue weighted by molar-refractivity contribution is 5.94. The third kappa shape index (κ3) is 4.49. The van der Waals surface area contributed by atoms with Gasteiger partial charge in [-0.05, 0) is 12.1 Å². The summed E-state index contributed by atoms with van der Waals surface area (Å²) in [4.78, 5) is 22.6. The number of nitrogens with one attached hydrogen (secondary N) is 1. The molecule has 2 unspecified atom stereocenters. The number of carbonyl (C=O) groups excluding carboxylic acids is 1. The van der Waals surface area contributed by atoms with Crippen LogP contribution in [0.25, 0.3) is 0 Å². The summed E-state index contributed by atoms with van der Waals surface area (Å²) < 4.78 is 28.3. The van der Waals surface area contributed by atoms with Crippen molar-refractivity contribution in [3.63, 3.8) is 0 Å². The molecule has 1 aromatic rings. The molecule has 0 aliphatic rings. The first-order valence-electron chi connectivity index (χ1n) is 5.89. The maximum absolute atomic E-state index is 12.1. The lowest BCUT2D eigenvalue weighted by atomic mass is 9.95. The van der Waals surface area contributed by atoms with Gasteiger partial charge in [-0.1, -0.05) is 19.9 Å². The molecule has 0 aliphatic heterocycles. The Balaban J connectivity index is 2.73. The number of carboxylic acids is 1. The molecule has 0 saturated heterocycles. The molecule has 110 valence electrons. The Morgan fingerprint density at radius 2 is 1.90 bits per heavy atom. The predicted octanol–water partition coefficient (Wildman–Crippen LogP) is 2.58. The van der Waals surface area contributed by atoms with Crippen molar-refractivity contribution in [2.75, 3.05) is 5.32 Å². The molecule has 5 nitrogen and oxygen atoms in total. The average molecular weight is 287 g/mol. The van der Waals surface area contributed by atoms with E-state index in [-0.39, 0.29) is 11.4 Å². The second kappa shape index (κ2) is 6.83. The van der Waals surface area contributed by atoms with Gasteiger partial charge in [0.1, 0.15) is 5.75 Å². The van der Waals surface area contributed by atoms with E-state index < -0.39 is 30.3 Å². The summed E-state index contributed by atoms with van der Waals surface area (Å²) in [5.41, 5.74) is 0.262. The van der Waals surface area contributed by atoms with Gasteiger partial charge in [-0.25, -0.2) is 0 Å². The molecule has 1 rings (SSSR count). The standard InChI is InChI=1S/C13H15F2NO4/c1-7(8(2)12(18)19)11(17)16-9-4-3-5-10(6-9)20-13(14)15/h3-8,13H,1-2H3,(H,16,17)(H,18,19). The minimum Gasteiger partial charge on any atom is -0.481 e. The molecular formula is C13H15F2NO4. The predicted molar refractivity (Wildman–Crippen MR) is 67.7 cm³/mol. The van der Waals surface area contributed by atoms with Crippen molar-refractivity contribution >= 4 is 17.6 Å². The number of ether oxygens (including phenoxy) is 1. The molecule has 0 aromatic heterocycles. The van der Waals surface area contributed by atoms with Gasteiger partial charge in [-0.3, -0.25) is 9.59 Å². The second-order valence-electron chi connectivity index (χ2n) is 4.31. The van der Waals surface area contributed by atoms with Gasteiger partial charge in [0.25, 0.3) is 0 Å². The topological polar surface area (TPSA) is 75.6 Å². The number of amides is 1. The van der Waals surface area contributed by atoms with Gasteiger partial charge >= 0.3 is 12.6 Å². The zero-order valence-electron chi connectivity index (χ0n) is 11.0. The lowest BCUT2D eigenvalue weighted by Gasteiger charge is -2.16. The van der Waals surface area contributed by atoms with Crippen LogP contribution in [-0.4, -0.2) is 23.6 Å². The van der Waals surface area contributed by atoms with Gasteiger partial charge in [0.15, 0.2) is 0 Å². The number of rotatable bonds is 6. The summed E-state index contributed by atoms with van der Waals surface area (Å²) in [5.74, 6) is -3.28. The molecule has 0 bridgehead atoms. The minimum absolute atomic E-state index is 0.0864. The molecule has 7 heteroatoms. The Kier molecular flexibility index (Phi) is 5.42. The maximum Gasteiger partial charge on any atom is 0.387 e. The first kappa shape index (κ1) is 15.9. The summed E-state index contributed by atoms with van der Waals surface area (Å²) in [6.07, 6.45) is 0. The van der Waals surface area contributed by atoms with E-state index in [4.69, 9.17) is 5.11 Å². The molecule has 1 aromatic carbocycles. The minimum atomic E-state index is -2.95. The van der Waals surface area contributed by atoms with E-state index >= 15 is 0 Å². The highest BCUT2D eigenvalue weighted by Gasteiger charge is 2.25. The van der Waals surface area contributed by atoms with E-state index in [1.807, 2.05) is 0 Å². The van der Waals surface area contributed by atoms with Gasteiger partial charge in [0.2, 0.25) is 5.91 Å². The molecule has 2 atom stereocenters. The monoisotopic (exact) mass is 287 g/mol. The fraction of sp³-hybridized carbons (Fsp3) is 0.385. The van der Waals surface area contributed by atoms with Gasteiger partial charge in [-0.15, -0.1) is 0 Å². The van der Waals surface area contributed by atoms with Crippen LogP contribution < -0.4 is 10.1 Å². The number of aliphatic carboxylic acids is 1. The summed E-state index contributed by atoms with van der Waals surface area (Å²) in [6, 6.07) is 5.50. The molecule has 0 aliphatic carbocycles. The molecule has 0 saturated carbocycles. The van der Waals surface area contributed by atoms with Crippen molar-refractivity contribution in [2.24, 2.45) is 11.8 Å². The van der Waals surface area contributed by atoms with Crippen LogP contribution in [-0.2, 0) is 9.59 Å². The normalized spacial score (nSPS) is 13.7. The fourth-order valence-corrected chi connectivity index (χ4v) is 1.45. The van der Waals surface area contributed by atoms with Gasteiger partial charge in [0, 0.05) is 17.7 Å². The van der Waals surface area contributed by atoms with E-state index in [2.05, 4.69) is 10.1 Å². The summed E-state index contributed by atoms with van der Waals surface area (Å²) in [7, 11) is 0. The smallest absolute Gasteiger partial charge is 0.387 e. The van der Waals surface area contributed by atoms with Gasteiger partial charge < -0.3 is 15.2 Å². The van der Waals surface area contributed by atoms with Crippen molar-refractivity contribution in [3.05, 3.63) is 24.3 Å². The first-order chi connectivity index (χ1) is 9.31. The zero-order valence-corrected chi connectivity index (χ0v) is 11.0. The molecule has 2 N–H and O–H groups in total. The number of halogens is 2. The summed E-state index contributed by atoms with van der Waals surface area (Å²) in [6.45, 7) is -0.0526. The van der Waals surface area contributed by atoms with E-state index in [0.29, 0.717) is 0 Å². The van der Waals surface area contributed by atoms with Crippen LogP contribution in [0.2, 0.25) is 0 Å². The van der Waals surface area contributed by atoms with Crippen molar-refractivity contribution in [1.82, 2.24) is 0 Å². The second-order valence-corrected chi connectivity index (χ2v) is 4.31. The lowest BCUT2D eigenvalue weighted by molar-refractivity contribution is -0.145. The quantitative estimate of drug-likeness (QED) is 0.843. The molecule has 0 radical (unpaired) electrons. The molecule has 0 heterocycles. The lowest BCUT2D eigenvalue weighted by Crippen LogP contribution is -2.29. The van der Waals surface area contributed by atoms with E-state index in [1.165, 1.54) is 38.1 Å². The summed E-state index contributed by atoms with van der Waals surface area (Å²) >= 11 is 0. The van der Waals surface area contributed by atoms with Crippen molar-refractivity contribution < 1.29 is 28.2 Å². The van der Waals surface area contributed by atoms with Crippen LogP contribution >= 0.6 is 0 Å². The highest BCUT2D eigenvalue weighted by Crippen LogP contribution is 2.21. The average Bonchev–Trinajstić information content (AvgIpc) is 2.36. The summed E-state index contributed by atoms with van der Waals surface area (Å²) in [5, 5.41) is 11.3. The van der Waals surface area contributed by atoms with Crippen molar-refractivity contribution in [1.29, 1.82) is 0 Å². The number of hydrogen-bond donors (Lipinski definition) is 2. The van der Waals surface area contributed by atoms with E-state index in [1.54, 1.807) is 0 Å². The number of alkyl halides is 2. The van der Waals surface area contributed by atoms with Crippen molar-refractivity contribution in [2.45, 2.75) is 20.5 Å². The molecular weight excluding hydrogens is 272 g/mol. The largest absolute Gasteiger partial charge is 0.481 e. The third-order valence-electron chi connectivity index (χ3n) is 2.88. The van der Waals surface area contributed by atoms with Crippen LogP contribution in [0.4, 0.5) is 14.5 Å². The Bertz CT molecular complexity index is 493. The SMILES string of the molecule is CC(C(=O)O)C(C)C(=O)Nc1cccc(OC(F)F)c1. The number of hydrogen-bond acceptors (Lipinski definition) is 3. The number of carbonyl (C=O) groups is 2. The van der Waals surface area contributed by atoms with Crippen LogP contribution in [0.5, 0.6) is 5.75 Å². The van der Waals surface area contributed by atoms with Crippen LogP contribution in [0, 0.1) is 11.8 Å². The molecule has 1 amide bonds. The third-order valence-corrected chi connectivity index (χ3v) is 2.88. The number of benzene rings is 1. The van der Waals surface area contributed by atoms with Crippen LogP contribution in [0.3, 0.4) is 0 Å². The molecule has 0 spiro atoms. The zero-order chi connectivity index (χ0) is 15.3. The Hall–Kier alpha value is -2.18. The highest BCUT2D eigenvalue weighted by atomic mass is 19.3. The Morgan fingerprint density at radius 3 is 2.45 bits per heavy atom. The Morgan fingerprint density at radius 1 is 1.25 bits per heavy atom. The number of anilines is 1. The van der Waals surface area contributed by atoms with E-state index in [0.717, 1.165) is 0 Å².